The van der Waals surface area contributed by atoms with Crippen LogP contribution in [0.2, 0.25) is 0 Å². The first-order valence-electron chi connectivity index (χ1n) is 14.9. The molecule has 0 amide bonds. The van der Waals surface area contributed by atoms with E-state index in [2.05, 4.69) is 9.78 Å². The molecule has 0 aromatic heterocycles. The molecule has 2 aromatic carbocycles. The van der Waals surface area contributed by atoms with Crippen LogP contribution in [0.25, 0.3) is 0 Å². The average Bonchev–Trinajstić information content (AvgIpc) is 2.97. The lowest BCUT2D eigenvalue weighted by atomic mass is 9.76. The molecule has 0 radical (unpaired) electrons. The van der Waals surface area contributed by atoms with Gasteiger partial charge in [-0.25, -0.2) is 29.1 Å². The second-order valence-corrected chi connectivity index (χ2v) is 11.7. The van der Waals surface area contributed by atoms with Gasteiger partial charge in [0, 0.05) is 0 Å². The van der Waals surface area contributed by atoms with Gasteiger partial charge in [0.25, 0.3) is 0 Å². The summed E-state index contributed by atoms with van der Waals surface area (Å²) in [5.41, 5.74) is 3.66. The van der Waals surface area contributed by atoms with Gasteiger partial charge >= 0.3 is 24.2 Å². The van der Waals surface area contributed by atoms with Crippen LogP contribution in [0.5, 0.6) is 0 Å². The molecular weight excluding hydrogens is 556 g/mol. The van der Waals surface area contributed by atoms with E-state index >= 15 is 0 Å². The molecule has 0 spiro atoms. The van der Waals surface area contributed by atoms with Gasteiger partial charge in [-0.1, -0.05) is 36.4 Å². The highest BCUT2D eigenvalue weighted by Gasteiger charge is 2.31. The van der Waals surface area contributed by atoms with E-state index in [0.29, 0.717) is 23.0 Å². The lowest BCUT2D eigenvalue weighted by Crippen LogP contribution is -2.29. The van der Waals surface area contributed by atoms with Crippen molar-refractivity contribution in [3.8, 4) is 0 Å². The van der Waals surface area contributed by atoms with Crippen molar-refractivity contribution in [3.63, 3.8) is 0 Å². The average molecular weight is 597 g/mol. The van der Waals surface area contributed by atoms with Crippen LogP contribution in [0.15, 0.2) is 36.4 Å². The van der Waals surface area contributed by atoms with Gasteiger partial charge in [-0.15, -0.1) is 0 Å². The molecule has 0 N–H and O–H groups in total. The number of carbonyl (C=O) groups is 4. The number of rotatable bonds is 6. The Balaban J connectivity index is 1.09. The molecule has 0 aliphatic heterocycles. The Morgan fingerprint density at radius 2 is 0.860 bits per heavy atom. The molecule has 4 rings (SSSR count). The first-order valence-corrected chi connectivity index (χ1v) is 14.9. The lowest BCUT2D eigenvalue weighted by molar-refractivity contribution is -0.208. The van der Waals surface area contributed by atoms with Crippen LogP contribution < -0.4 is 0 Å². The Hall–Kier alpha value is -4.08. The van der Waals surface area contributed by atoms with Crippen molar-refractivity contribution in [1.29, 1.82) is 0 Å². The highest BCUT2D eigenvalue weighted by Crippen LogP contribution is 2.37. The molecule has 10 nitrogen and oxygen atoms in total. The lowest BCUT2D eigenvalue weighted by Gasteiger charge is -2.33. The van der Waals surface area contributed by atoms with E-state index in [0.717, 1.165) is 80.0 Å². The van der Waals surface area contributed by atoms with Gasteiger partial charge in [0.15, 0.2) is 0 Å². The summed E-state index contributed by atoms with van der Waals surface area (Å²) < 4.78 is 10.7. The normalized spacial score (nSPS) is 21.7. The van der Waals surface area contributed by atoms with Crippen LogP contribution in [0.3, 0.4) is 0 Å². The summed E-state index contributed by atoms with van der Waals surface area (Å²) in [6, 6.07) is 10.8. The second-order valence-electron chi connectivity index (χ2n) is 11.7. The Bertz CT molecular complexity index is 1160. The summed E-state index contributed by atoms with van der Waals surface area (Å²) in [6.07, 6.45) is 5.06. The van der Waals surface area contributed by atoms with E-state index in [-0.39, 0.29) is 12.2 Å². The van der Waals surface area contributed by atoms with Crippen molar-refractivity contribution < 1.29 is 48.2 Å². The molecule has 10 heteroatoms. The molecule has 2 saturated carbocycles. The molecule has 0 saturated heterocycles. The van der Waals surface area contributed by atoms with Gasteiger partial charge in [0.1, 0.15) is 12.2 Å². The minimum Gasteiger partial charge on any atom is -0.428 e. The Kier molecular flexibility index (Phi) is 11.0. The molecule has 43 heavy (non-hydrogen) atoms. The SMILES string of the molecule is Cc1cccc(C)c1C(=O)OOC(=O)OC1CCC(CC2CCC(OC(=O)OOC(=O)c3c(C)cccc3C)CC2)CC1. The molecule has 2 aliphatic carbocycles. The van der Waals surface area contributed by atoms with Gasteiger partial charge in [0.05, 0.1) is 11.1 Å². The van der Waals surface area contributed by atoms with Crippen LogP contribution in [0.4, 0.5) is 9.59 Å². The molecule has 2 fully saturated rings. The molecule has 2 aromatic rings. The van der Waals surface area contributed by atoms with Crippen LogP contribution >= 0.6 is 0 Å². The summed E-state index contributed by atoms with van der Waals surface area (Å²) in [7, 11) is 0. The zero-order valence-electron chi connectivity index (χ0n) is 25.2. The van der Waals surface area contributed by atoms with Gasteiger partial charge in [-0.2, -0.15) is 9.59 Å². The maximum atomic E-state index is 12.3. The maximum Gasteiger partial charge on any atom is 0.550 e. The number of hydrogen-bond acceptors (Lipinski definition) is 10. The molecular formula is C33H40O10. The van der Waals surface area contributed by atoms with E-state index in [9.17, 15) is 19.2 Å². The minimum absolute atomic E-state index is 0.276. The third-order valence-electron chi connectivity index (χ3n) is 8.52. The van der Waals surface area contributed by atoms with E-state index in [1.54, 1.807) is 52.0 Å². The van der Waals surface area contributed by atoms with Crippen molar-refractivity contribution in [1.82, 2.24) is 0 Å². The maximum absolute atomic E-state index is 12.3. The summed E-state index contributed by atoms with van der Waals surface area (Å²) in [6.45, 7) is 7.13. The van der Waals surface area contributed by atoms with Crippen molar-refractivity contribution in [3.05, 3.63) is 69.8 Å². The fourth-order valence-corrected chi connectivity index (χ4v) is 6.25. The zero-order valence-corrected chi connectivity index (χ0v) is 25.2. The van der Waals surface area contributed by atoms with Crippen molar-refractivity contribution in [2.75, 3.05) is 0 Å². The summed E-state index contributed by atoms with van der Waals surface area (Å²) >= 11 is 0. The number of ether oxygens (including phenoxy) is 2. The number of hydrogen-bond donors (Lipinski definition) is 0. The predicted molar refractivity (Wildman–Crippen MR) is 154 cm³/mol. The van der Waals surface area contributed by atoms with E-state index in [4.69, 9.17) is 19.2 Å². The fourth-order valence-electron chi connectivity index (χ4n) is 6.25. The summed E-state index contributed by atoms with van der Waals surface area (Å²) in [5.74, 6) is -0.418. The molecule has 0 heterocycles. The quantitative estimate of drug-likeness (QED) is 0.187. The third kappa shape index (κ3) is 8.95. The van der Waals surface area contributed by atoms with Crippen LogP contribution in [0, 0.1) is 39.5 Å². The highest BCUT2D eigenvalue weighted by atomic mass is 17.2. The van der Waals surface area contributed by atoms with Crippen molar-refractivity contribution >= 4 is 24.2 Å². The number of benzene rings is 2. The number of carbonyl (C=O) groups excluding carboxylic acids is 4. The monoisotopic (exact) mass is 596 g/mol. The van der Waals surface area contributed by atoms with E-state index < -0.39 is 24.2 Å². The Labute approximate surface area is 251 Å². The van der Waals surface area contributed by atoms with Crippen molar-refractivity contribution in [2.45, 2.75) is 97.7 Å². The molecule has 2 aliphatic rings. The molecule has 0 atom stereocenters. The second kappa shape index (κ2) is 14.9. The smallest absolute Gasteiger partial charge is 0.428 e. The standard InChI is InChI=1S/C33H40O10/c1-20-7-5-8-21(2)28(20)30(34)40-42-32(36)38-26-15-11-24(12-16-26)19-25-13-17-27(18-14-25)39-33(37)43-41-31(35)29-22(3)9-6-10-23(29)4/h5-10,24-27H,11-19H2,1-4H3. The molecule has 0 bridgehead atoms. The summed E-state index contributed by atoms with van der Waals surface area (Å²) in [5, 5.41) is 0. The van der Waals surface area contributed by atoms with E-state index in [1.165, 1.54) is 0 Å². The summed E-state index contributed by atoms with van der Waals surface area (Å²) in [4.78, 5) is 67.5. The third-order valence-corrected chi connectivity index (χ3v) is 8.52. The van der Waals surface area contributed by atoms with Gasteiger partial charge in [-0.3, -0.25) is 0 Å². The fraction of sp³-hybridized carbons (Fsp3) is 0.515. The Morgan fingerprint density at radius 3 is 1.19 bits per heavy atom. The zero-order chi connectivity index (χ0) is 30.9. The van der Waals surface area contributed by atoms with Gasteiger partial charge < -0.3 is 9.47 Å². The predicted octanol–water partition coefficient (Wildman–Crippen LogP) is 7.58. The first-order chi connectivity index (χ1) is 20.6. The topological polar surface area (TPSA) is 124 Å². The van der Waals surface area contributed by atoms with Gasteiger partial charge in [-0.05, 0) is 120 Å². The number of aryl methyl sites for hydroxylation is 4. The largest absolute Gasteiger partial charge is 0.550 e. The minimum atomic E-state index is -1.01. The van der Waals surface area contributed by atoms with Gasteiger partial charge in [0.2, 0.25) is 0 Å². The van der Waals surface area contributed by atoms with Crippen LogP contribution in [0.1, 0.15) is 101 Å². The van der Waals surface area contributed by atoms with E-state index in [1.807, 2.05) is 12.1 Å². The first kappa shape index (κ1) is 31.8. The highest BCUT2D eigenvalue weighted by molar-refractivity contribution is 5.93. The molecule has 232 valence electrons. The van der Waals surface area contributed by atoms with Crippen LogP contribution in [-0.2, 0) is 29.0 Å². The Morgan fingerprint density at radius 1 is 0.535 bits per heavy atom. The molecule has 0 unspecified atom stereocenters. The van der Waals surface area contributed by atoms with Crippen molar-refractivity contribution in [2.24, 2.45) is 11.8 Å². The van der Waals surface area contributed by atoms with Crippen LogP contribution in [-0.4, -0.2) is 36.5 Å².